The maximum atomic E-state index is 6.21. The second kappa shape index (κ2) is 12.1. The van der Waals surface area contributed by atoms with Crippen molar-refractivity contribution in [3.05, 3.63) is 34.9 Å². The zero-order valence-electron chi connectivity index (χ0n) is 13.6. The average molecular weight is 310 g/mol. The number of nitrogens with two attached hydrogens (primary N) is 1. The smallest absolute Gasteiger partial charge is 0.0408 e. The van der Waals surface area contributed by atoms with Gasteiger partial charge in [-0.3, -0.25) is 0 Å². The van der Waals surface area contributed by atoms with E-state index in [1.54, 1.807) is 0 Å². The molecule has 0 aliphatic rings. The zero-order chi connectivity index (χ0) is 15.3. The van der Waals surface area contributed by atoms with Crippen LogP contribution in [0.15, 0.2) is 24.3 Å². The summed E-state index contributed by atoms with van der Waals surface area (Å²) in [7, 11) is 0. The zero-order valence-corrected chi connectivity index (χ0v) is 14.4. The molecule has 0 spiro atoms. The summed E-state index contributed by atoms with van der Waals surface area (Å²) in [6.45, 7) is 2.27. The Labute approximate surface area is 136 Å². The maximum Gasteiger partial charge on any atom is 0.0408 e. The summed E-state index contributed by atoms with van der Waals surface area (Å²) < 4.78 is 0. The minimum Gasteiger partial charge on any atom is -0.327 e. The minimum absolute atomic E-state index is 0.271. The van der Waals surface area contributed by atoms with E-state index >= 15 is 0 Å². The summed E-state index contributed by atoms with van der Waals surface area (Å²) in [5, 5.41) is 0.808. The molecule has 1 aromatic rings. The third kappa shape index (κ3) is 9.92. The summed E-state index contributed by atoms with van der Waals surface area (Å²) in [5.74, 6) is 0. The highest BCUT2D eigenvalue weighted by molar-refractivity contribution is 6.30. The van der Waals surface area contributed by atoms with Gasteiger partial charge in [0.1, 0.15) is 0 Å². The highest BCUT2D eigenvalue weighted by Crippen LogP contribution is 2.15. The fourth-order valence-corrected chi connectivity index (χ4v) is 3.00. The van der Waals surface area contributed by atoms with Crippen molar-refractivity contribution in [2.45, 2.75) is 83.6 Å². The molecule has 0 aliphatic carbocycles. The second-order valence-electron chi connectivity index (χ2n) is 6.21. The van der Waals surface area contributed by atoms with Crippen LogP contribution in [0.25, 0.3) is 0 Å². The Morgan fingerprint density at radius 1 is 0.952 bits per heavy atom. The Hall–Kier alpha value is -0.530. The first-order chi connectivity index (χ1) is 10.2. The minimum atomic E-state index is 0.271. The molecular formula is C19H32ClN. The van der Waals surface area contributed by atoms with E-state index in [4.69, 9.17) is 17.3 Å². The predicted octanol–water partition coefficient (Wildman–Crippen LogP) is 6.13. The van der Waals surface area contributed by atoms with Crippen LogP contribution in [0.3, 0.4) is 0 Å². The molecule has 2 N–H and O–H groups in total. The summed E-state index contributed by atoms with van der Waals surface area (Å²) in [6.07, 6.45) is 14.4. The van der Waals surface area contributed by atoms with Crippen LogP contribution >= 0.6 is 11.6 Å². The van der Waals surface area contributed by atoms with E-state index in [-0.39, 0.29) is 6.04 Å². The Morgan fingerprint density at radius 2 is 1.57 bits per heavy atom. The number of hydrogen-bond donors (Lipinski definition) is 1. The van der Waals surface area contributed by atoms with Crippen molar-refractivity contribution in [1.29, 1.82) is 0 Å². The summed E-state index contributed by atoms with van der Waals surface area (Å²) in [5.41, 5.74) is 7.46. The number of unbranched alkanes of at least 4 members (excludes halogenated alkanes) is 8. The number of hydrogen-bond acceptors (Lipinski definition) is 1. The molecule has 1 nitrogen and oxygen atoms in total. The van der Waals surface area contributed by atoms with Gasteiger partial charge in [0.05, 0.1) is 0 Å². The van der Waals surface area contributed by atoms with E-state index in [9.17, 15) is 0 Å². The quantitative estimate of drug-likeness (QED) is 0.462. The number of rotatable bonds is 12. The van der Waals surface area contributed by atoms with Gasteiger partial charge in [-0.1, -0.05) is 88.4 Å². The molecule has 0 saturated carbocycles. The molecule has 0 bridgehead atoms. The van der Waals surface area contributed by atoms with Crippen LogP contribution < -0.4 is 5.73 Å². The van der Waals surface area contributed by atoms with Crippen LogP contribution in [0.2, 0.25) is 5.02 Å². The average Bonchev–Trinajstić information content (AvgIpc) is 2.45. The fraction of sp³-hybridized carbons (Fsp3) is 0.684. The molecule has 1 rings (SSSR count). The standard InChI is InChI=1S/C19H32ClN/c1-2-3-4-5-6-7-8-9-10-14-19(21)16-17-12-11-13-18(20)15-17/h11-13,15,19H,2-10,14,16,21H2,1H3. The van der Waals surface area contributed by atoms with Gasteiger partial charge >= 0.3 is 0 Å². The van der Waals surface area contributed by atoms with E-state index in [0.29, 0.717) is 0 Å². The molecular weight excluding hydrogens is 278 g/mol. The van der Waals surface area contributed by atoms with Crippen molar-refractivity contribution < 1.29 is 0 Å². The molecule has 0 aliphatic heterocycles. The molecule has 0 fully saturated rings. The van der Waals surface area contributed by atoms with Gasteiger partial charge in [0.25, 0.3) is 0 Å². The van der Waals surface area contributed by atoms with Crippen molar-refractivity contribution in [3.63, 3.8) is 0 Å². The van der Waals surface area contributed by atoms with E-state index in [0.717, 1.165) is 17.9 Å². The lowest BCUT2D eigenvalue weighted by Crippen LogP contribution is -2.22. The van der Waals surface area contributed by atoms with Gasteiger partial charge < -0.3 is 5.73 Å². The molecule has 1 unspecified atom stereocenters. The Morgan fingerprint density at radius 3 is 2.19 bits per heavy atom. The van der Waals surface area contributed by atoms with Gasteiger partial charge in [0, 0.05) is 11.1 Å². The molecule has 0 aromatic heterocycles. The van der Waals surface area contributed by atoms with Crippen molar-refractivity contribution in [3.8, 4) is 0 Å². The van der Waals surface area contributed by atoms with Gasteiger partial charge in [-0.15, -0.1) is 0 Å². The summed E-state index contributed by atoms with van der Waals surface area (Å²) in [6, 6.07) is 8.33. The summed E-state index contributed by atoms with van der Waals surface area (Å²) in [4.78, 5) is 0. The van der Waals surface area contributed by atoms with Crippen molar-refractivity contribution in [1.82, 2.24) is 0 Å². The first-order valence-corrected chi connectivity index (χ1v) is 9.10. The molecule has 0 saturated heterocycles. The Balaban J connectivity index is 1.97. The molecule has 120 valence electrons. The van der Waals surface area contributed by atoms with Gasteiger partial charge in [0.15, 0.2) is 0 Å². The Bertz CT molecular complexity index is 364. The van der Waals surface area contributed by atoms with Crippen molar-refractivity contribution >= 4 is 11.6 Å². The third-order valence-electron chi connectivity index (χ3n) is 4.07. The number of halogens is 1. The van der Waals surface area contributed by atoms with Crippen LogP contribution in [-0.2, 0) is 6.42 Å². The first kappa shape index (κ1) is 18.5. The van der Waals surface area contributed by atoms with Crippen molar-refractivity contribution in [2.75, 3.05) is 0 Å². The predicted molar refractivity (Wildman–Crippen MR) is 95.0 cm³/mol. The second-order valence-corrected chi connectivity index (χ2v) is 6.65. The lowest BCUT2D eigenvalue weighted by molar-refractivity contribution is 0.522. The van der Waals surface area contributed by atoms with E-state index in [1.807, 2.05) is 18.2 Å². The van der Waals surface area contributed by atoms with Crippen molar-refractivity contribution in [2.24, 2.45) is 5.73 Å². The normalized spacial score (nSPS) is 12.5. The lowest BCUT2D eigenvalue weighted by atomic mass is 10.00. The fourth-order valence-electron chi connectivity index (χ4n) is 2.79. The van der Waals surface area contributed by atoms with Crippen LogP contribution in [0.5, 0.6) is 0 Å². The van der Waals surface area contributed by atoms with Gasteiger partial charge in [-0.2, -0.15) is 0 Å². The van der Waals surface area contributed by atoms with Gasteiger partial charge in [-0.25, -0.2) is 0 Å². The molecule has 21 heavy (non-hydrogen) atoms. The molecule has 0 amide bonds. The topological polar surface area (TPSA) is 26.0 Å². The third-order valence-corrected chi connectivity index (χ3v) is 4.30. The first-order valence-electron chi connectivity index (χ1n) is 8.72. The number of benzene rings is 1. The molecule has 1 atom stereocenters. The highest BCUT2D eigenvalue weighted by atomic mass is 35.5. The lowest BCUT2D eigenvalue weighted by Gasteiger charge is -2.11. The maximum absolute atomic E-state index is 6.21. The largest absolute Gasteiger partial charge is 0.327 e. The van der Waals surface area contributed by atoms with Crippen LogP contribution in [0.1, 0.15) is 76.7 Å². The molecule has 0 radical (unpaired) electrons. The van der Waals surface area contributed by atoms with E-state index in [2.05, 4.69) is 13.0 Å². The van der Waals surface area contributed by atoms with Gasteiger partial charge in [-0.05, 0) is 30.5 Å². The monoisotopic (exact) mass is 309 g/mol. The molecule has 0 heterocycles. The van der Waals surface area contributed by atoms with Gasteiger partial charge in [0.2, 0.25) is 0 Å². The van der Waals surface area contributed by atoms with Crippen LogP contribution in [-0.4, -0.2) is 6.04 Å². The van der Waals surface area contributed by atoms with E-state index in [1.165, 1.54) is 63.4 Å². The summed E-state index contributed by atoms with van der Waals surface area (Å²) >= 11 is 5.99. The molecule has 2 heteroatoms. The highest BCUT2D eigenvalue weighted by Gasteiger charge is 2.04. The Kier molecular flexibility index (Phi) is 10.6. The molecule has 1 aromatic carbocycles. The van der Waals surface area contributed by atoms with E-state index < -0.39 is 0 Å². The van der Waals surface area contributed by atoms with Crippen LogP contribution in [0.4, 0.5) is 0 Å². The van der Waals surface area contributed by atoms with Crippen LogP contribution in [0, 0.1) is 0 Å². The SMILES string of the molecule is CCCCCCCCCCCC(N)Cc1cccc(Cl)c1.